The Morgan fingerprint density at radius 3 is 2.94 bits per heavy atom. The molecular formula is C13H23N3S. The summed E-state index contributed by atoms with van der Waals surface area (Å²) in [5.41, 5.74) is 1.30. The second-order valence-corrected chi connectivity index (χ2v) is 6.31. The Hall–Kier alpha value is -0.480. The van der Waals surface area contributed by atoms with Crippen LogP contribution in [0.3, 0.4) is 0 Å². The summed E-state index contributed by atoms with van der Waals surface area (Å²) in [5.74, 6) is 0. The number of nitrogens with zero attached hydrogens (tertiary/aromatic N) is 2. The van der Waals surface area contributed by atoms with Gasteiger partial charge in [0.1, 0.15) is 0 Å². The zero-order valence-corrected chi connectivity index (χ0v) is 11.8. The summed E-state index contributed by atoms with van der Waals surface area (Å²) in [6.45, 7) is 5.27. The van der Waals surface area contributed by atoms with Gasteiger partial charge in [0.05, 0.1) is 6.20 Å². The van der Waals surface area contributed by atoms with Gasteiger partial charge in [0.15, 0.2) is 0 Å². The van der Waals surface area contributed by atoms with Crippen molar-refractivity contribution in [3.63, 3.8) is 0 Å². The van der Waals surface area contributed by atoms with E-state index >= 15 is 0 Å². The smallest absolute Gasteiger partial charge is 0.0534 e. The zero-order valence-electron chi connectivity index (χ0n) is 11.0. The molecule has 4 heteroatoms. The summed E-state index contributed by atoms with van der Waals surface area (Å²) >= 11 is 2.01. The lowest BCUT2D eigenvalue weighted by Gasteiger charge is -2.11. The average molecular weight is 253 g/mol. The largest absolute Gasteiger partial charge is 0.310 e. The van der Waals surface area contributed by atoms with E-state index in [4.69, 9.17) is 0 Å². The topological polar surface area (TPSA) is 29.9 Å². The van der Waals surface area contributed by atoms with Crippen molar-refractivity contribution in [3.8, 4) is 0 Å². The van der Waals surface area contributed by atoms with Crippen molar-refractivity contribution in [3.05, 3.63) is 18.0 Å². The van der Waals surface area contributed by atoms with Gasteiger partial charge in [0.25, 0.3) is 0 Å². The molecule has 1 N–H and O–H groups in total. The minimum atomic E-state index is 0.455. The molecule has 0 amide bonds. The van der Waals surface area contributed by atoms with E-state index in [0.717, 1.165) is 11.8 Å². The van der Waals surface area contributed by atoms with Crippen LogP contribution in [0.15, 0.2) is 12.4 Å². The van der Waals surface area contributed by atoms with Crippen LogP contribution in [0.5, 0.6) is 0 Å². The highest BCUT2D eigenvalue weighted by molar-refractivity contribution is 7.99. The monoisotopic (exact) mass is 253 g/mol. The minimum Gasteiger partial charge on any atom is -0.310 e. The van der Waals surface area contributed by atoms with Crippen molar-refractivity contribution in [2.75, 3.05) is 6.26 Å². The first-order chi connectivity index (χ1) is 8.19. The molecular weight excluding hydrogens is 230 g/mol. The minimum absolute atomic E-state index is 0.455. The number of aromatic nitrogens is 2. The molecule has 0 saturated heterocycles. The second-order valence-electron chi connectivity index (χ2n) is 5.17. The predicted molar refractivity (Wildman–Crippen MR) is 74.4 cm³/mol. The number of rotatable bonds is 5. The first-order valence-corrected chi connectivity index (χ1v) is 7.77. The molecule has 0 radical (unpaired) electrons. The van der Waals surface area contributed by atoms with Crippen LogP contribution >= 0.6 is 11.8 Å². The third-order valence-electron chi connectivity index (χ3n) is 3.50. The predicted octanol–water partition coefficient (Wildman–Crippen LogP) is 2.84. The molecule has 96 valence electrons. The Bertz CT molecular complexity index is 348. The van der Waals surface area contributed by atoms with Crippen LogP contribution in [-0.4, -0.2) is 27.3 Å². The molecule has 1 aromatic rings. The quantitative estimate of drug-likeness (QED) is 0.875. The molecule has 1 fully saturated rings. The van der Waals surface area contributed by atoms with Gasteiger partial charge in [-0.2, -0.15) is 16.9 Å². The highest BCUT2D eigenvalue weighted by Crippen LogP contribution is 2.28. The molecule has 1 aliphatic rings. The van der Waals surface area contributed by atoms with Crippen molar-refractivity contribution in [2.45, 2.75) is 57.0 Å². The van der Waals surface area contributed by atoms with Crippen molar-refractivity contribution in [1.82, 2.24) is 15.1 Å². The van der Waals surface area contributed by atoms with E-state index < -0.39 is 0 Å². The zero-order chi connectivity index (χ0) is 12.3. The lowest BCUT2D eigenvalue weighted by molar-refractivity contribution is 0.519. The Labute approximate surface area is 108 Å². The van der Waals surface area contributed by atoms with Crippen LogP contribution in [0.25, 0.3) is 0 Å². The number of hydrogen-bond acceptors (Lipinski definition) is 3. The van der Waals surface area contributed by atoms with Crippen molar-refractivity contribution < 1.29 is 0 Å². The first kappa shape index (κ1) is 13.0. The summed E-state index contributed by atoms with van der Waals surface area (Å²) < 4.78 is 2.02. The number of hydrogen-bond donors (Lipinski definition) is 1. The molecule has 0 aliphatic heterocycles. The fraction of sp³-hybridized carbons (Fsp3) is 0.769. The molecule has 0 bridgehead atoms. The molecule has 2 unspecified atom stereocenters. The standard InChI is InChI=1S/C13H23N3S/c1-10(2)16-9-11(8-15-16)7-14-12-4-5-13(6-12)17-3/h8-10,12-14H,4-7H2,1-3H3. The maximum Gasteiger partial charge on any atom is 0.0534 e. The van der Waals surface area contributed by atoms with E-state index in [-0.39, 0.29) is 0 Å². The normalized spacial score (nSPS) is 24.7. The SMILES string of the molecule is CSC1CCC(NCc2cnn(C(C)C)c2)C1. The van der Waals surface area contributed by atoms with Crippen LogP contribution < -0.4 is 5.32 Å². The van der Waals surface area contributed by atoms with E-state index in [2.05, 4.69) is 36.7 Å². The summed E-state index contributed by atoms with van der Waals surface area (Å²) in [5, 5.41) is 8.88. The number of thioether (sulfide) groups is 1. The van der Waals surface area contributed by atoms with Crippen molar-refractivity contribution in [2.24, 2.45) is 0 Å². The highest BCUT2D eigenvalue weighted by atomic mass is 32.2. The number of nitrogens with one attached hydrogen (secondary N) is 1. The summed E-state index contributed by atoms with van der Waals surface area (Å²) in [7, 11) is 0. The molecule has 0 spiro atoms. The van der Waals surface area contributed by atoms with E-state index in [0.29, 0.717) is 12.1 Å². The third kappa shape index (κ3) is 3.49. The van der Waals surface area contributed by atoms with Gasteiger partial charge in [-0.1, -0.05) is 0 Å². The van der Waals surface area contributed by atoms with Gasteiger partial charge in [0.2, 0.25) is 0 Å². The molecule has 2 atom stereocenters. The molecule has 1 heterocycles. The van der Waals surface area contributed by atoms with Gasteiger partial charge in [0, 0.05) is 35.6 Å². The lowest BCUT2D eigenvalue weighted by Crippen LogP contribution is -2.25. The van der Waals surface area contributed by atoms with Crippen LogP contribution in [0.2, 0.25) is 0 Å². The molecule has 1 saturated carbocycles. The van der Waals surface area contributed by atoms with Crippen LogP contribution in [0, 0.1) is 0 Å². The highest BCUT2D eigenvalue weighted by Gasteiger charge is 2.23. The van der Waals surface area contributed by atoms with Crippen LogP contribution in [0.1, 0.15) is 44.7 Å². The van der Waals surface area contributed by atoms with Crippen LogP contribution in [0.4, 0.5) is 0 Å². The van der Waals surface area contributed by atoms with E-state index in [9.17, 15) is 0 Å². The van der Waals surface area contributed by atoms with Gasteiger partial charge in [-0.05, 0) is 39.4 Å². The maximum absolute atomic E-state index is 4.36. The van der Waals surface area contributed by atoms with Crippen molar-refractivity contribution >= 4 is 11.8 Å². The van der Waals surface area contributed by atoms with Gasteiger partial charge < -0.3 is 5.32 Å². The van der Waals surface area contributed by atoms with Gasteiger partial charge >= 0.3 is 0 Å². The molecule has 2 rings (SSSR count). The molecule has 3 nitrogen and oxygen atoms in total. The summed E-state index contributed by atoms with van der Waals surface area (Å²) in [4.78, 5) is 0. The Balaban J connectivity index is 1.78. The first-order valence-electron chi connectivity index (χ1n) is 6.48. The Morgan fingerprint density at radius 1 is 1.53 bits per heavy atom. The van der Waals surface area contributed by atoms with E-state index in [1.807, 2.05) is 22.6 Å². The summed E-state index contributed by atoms with van der Waals surface area (Å²) in [6, 6.07) is 1.16. The lowest BCUT2D eigenvalue weighted by atomic mass is 10.2. The Kier molecular flexibility index (Phi) is 4.51. The summed E-state index contributed by atoms with van der Waals surface area (Å²) in [6.07, 6.45) is 10.4. The molecule has 17 heavy (non-hydrogen) atoms. The Morgan fingerprint density at radius 2 is 2.35 bits per heavy atom. The second kappa shape index (κ2) is 5.91. The molecule has 1 aliphatic carbocycles. The van der Waals surface area contributed by atoms with E-state index in [1.54, 1.807) is 0 Å². The van der Waals surface area contributed by atoms with Gasteiger partial charge in [-0.25, -0.2) is 0 Å². The van der Waals surface area contributed by atoms with Gasteiger partial charge in [-0.15, -0.1) is 0 Å². The average Bonchev–Trinajstić information content (AvgIpc) is 2.95. The molecule has 0 aromatic carbocycles. The third-order valence-corrected chi connectivity index (χ3v) is 4.59. The van der Waals surface area contributed by atoms with Crippen molar-refractivity contribution in [1.29, 1.82) is 0 Å². The van der Waals surface area contributed by atoms with Gasteiger partial charge in [-0.3, -0.25) is 4.68 Å². The van der Waals surface area contributed by atoms with Crippen LogP contribution in [-0.2, 0) is 6.54 Å². The fourth-order valence-corrected chi connectivity index (χ4v) is 3.15. The fourth-order valence-electron chi connectivity index (χ4n) is 2.35. The molecule has 1 aromatic heterocycles. The van der Waals surface area contributed by atoms with E-state index in [1.165, 1.54) is 24.8 Å². The maximum atomic E-state index is 4.36.